The smallest absolute Gasteiger partial charge is 0.288 e. The first-order chi connectivity index (χ1) is 9.69. The second-order valence-corrected chi connectivity index (χ2v) is 5.13. The Kier molecular flexibility index (Phi) is 5.24. The zero-order chi connectivity index (χ0) is 14.4. The van der Waals surface area contributed by atoms with Crippen molar-refractivity contribution in [2.24, 2.45) is 0 Å². The number of anilines is 1. The number of thioether (sulfide) groups is 1. The second-order valence-electron chi connectivity index (χ2n) is 4.07. The van der Waals surface area contributed by atoms with Gasteiger partial charge in [0.15, 0.2) is 0 Å². The summed E-state index contributed by atoms with van der Waals surface area (Å²) in [4.78, 5) is 0.558. The van der Waals surface area contributed by atoms with Crippen LogP contribution in [-0.2, 0) is 6.54 Å². The van der Waals surface area contributed by atoms with Gasteiger partial charge < -0.3 is 10.1 Å². The van der Waals surface area contributed by atoms with Crippen LogP contribution in [0, 0.1) is 0 Å². The zero-order valence-corrected chi connectivity index (χ0v) is 11.8. The summed E-state index contributed by atoms with van der Waals surface area (Å²) in [5.74, 6) is -1.56. The molecule has 0 bridgehead atoms. The molecule has 106 valence electrons. The molecule has 0 saturated heterocycles. The molecule has 0 heterocycles. The van der Waals surface area contributed by atoms with Crippen LogP contribution in [0.15, 0.2) is 53.4 Å². The Labute approximate surface area is 121 Å². The van der Waals surface area contributed by atoms with E-state index in [9.17, 15) is 8.78 Å². The van der Waals surface area contributed by atoms with Crippen molar-refractivity contribution in [1.82, 2.24) is 0 Å². The molecule has 2 rings (SSSR count). The minimum absolute atomic E-state index is 0.547. The molecule has 0 amide bonds. The quantitative estimate of drug-likeness (QED) is 0.786. The summed E-state index contributed by atoms with van der Waals surface area (Å²) in [6.45, 7) is 0.616. The average Bonchev–Trinajstić information content (AvgIpc) is 2.46. The summed E-state index contributed by atoms with van der Waals surface area (Å²) in [5.41, 5.74) is 1.93. The maximum absolute atomic E-state index is 12.2. The van der Waals surface area contributed by atoms with Crippen LogP contribution < -0.4 is 10.1 Å². The van der Waals surface area contributed by atoms with E-state index in [1.165, 1.54) is 0 Å². The third-order valence-corrected chi connectivity index (χ3v) is 3.48. The van der Waals surface area contributed by atoms with Crippen molar-refractivity contribution in [2.75, 3.05) is 12.4 Å². The van der Waals surface area contributed by atoms with Gasteiger partial charge in [0.1, 0.15) is 5.75 Å². The maximum atomic E-state index is 12.2. The van der Waals surface area contributed by atoms with E-state index >= 15 is 0 Å². The number of rotatable bonds is 6. The molecule has 1 N–H and O–H groups in total. The number of benzene rings is 2. The molecule has 0 aliphatic rings. The predicted octanol–water partition coefficient (Wildman–Crippen LogP) is 4.62. The molecule has 0 aliphatic heterocycles. The van der Waals surface area contributed by atoms with Crippen molar-refractivity contribution in [3.63, 3.8) is 0 Å². The van der Waals surface area contributed by atoms with Crippen LogP contribution in [0.3, 0.4) is 0 Å². The fraction of sp³-hybridized carbons (Fsp3) is 0.200. The zero-order valence-electron chi connectivity index (χ0n) is 11.0. The van der Waals surface area contributed by atoms with E-state index in [1.54, 1.807) is 31.4 Å². The van der Waals surface area contributed by atoms with Crippen LogP contribution >= 0.6 is 11.8 Å². The lowest BCUT2D eigenvalue weighted by molar-refractivity contribution is 0.252. The summed E-state index contributed by atoms with van der Waals surface area (Å²) in [5, 5.41) is 3.24. The van der Waals surface area contributed by atoms with E-state index in [2.05, 4.69) is 5.32 Å². The Morgan fingerprint density at radius 3 is 2.45 bits per heavy atom. The summed E-state index contributed by atoms with van der Waals surface area (Å²) in [7, 11) is 1.63. The number of para-hydroxylation sites is 1. The summed E-state index contributed by atoms with van der Waals surface area (Å²) in [6.07, 6.45) is 0. The van der Waals surface area contributed by atoms with Crippen molar-refractivity contribution in [3.8, 4) is 5.75 Å². The number of hydrogen-bond acceptors (Lipinski definition) is 3. The number of hydrogen-bond donors (Lipinski definition) is 1. The van der Waals surface area contributed by atoms with Crippen molar-refractivity contribution in [3.05, 3.63) is 54.1 Å². The third-order valence-electron chi connectivity index (χ3n) is 2.75. The molecular formula is C15H15F2NOS. The first-order valence-electron chi connectivity index (χ1n) is 6.09. The van der Waals surface area contributed by atoms with Gasteiger partial charge in [-0.15, -0.1) is 0 Å². The third kappa shape index (κ3) is 4.13. The number of nitrogens with one attached hydrogen (secondary N) is 1. The molecule has 0 atom stereocenters. The molecule has 2 aromatic carbocycles. The fourth-order valence-electron chi connectivity index (χ4n) is 1.80. The molecule has 2 aromatic rings. The molecule has 0 spiro atoms. The predicted molar refractivity (Wildman–Crippen MR) is 78.6 cm³/mol. The minimum atomic E-state index is -2.39. The number of alkyl halides is 2. The van der Waals surface area contributed by atoms with Crippen molar-refractivity contribution < 1.29 is 13.5 Å². The number of halogens is 2. The Hall–Kier alpha value is -1.75. The molecule has 0 radical (unpaired) electrons. The van der Waals surface area contributed by atoms with Gasteiger partial charge in [0, 0.05) is 22.7 Å². The lowest BCUT2D eigenvalue weighted by atomic mass is 10.2. The van der Waals surface area contributed by atoms with Gasteiger partial charge in [0.2, 0.25) is 0 Å². The van der Waals surface area contributed by atoms with Crippen molar-refractivity contribution >= 4 is 17.4 Å². The maximum Gasteiger partial charge on any atom is 0.288 e. The highest BCUT2D eigenvalue weighted by Crippen LogP contribution is 2.26. The fourth-order valence-corrected chi connectivity index (χ4v) is 2.30. The van der Waals surface area contributed by atoms with Crippen LogP contribution in [0.2, 0.25) is 0 Å². The van der Waals surface area contributed by atoms with Crippen molar-refractivity contribution in [2.45, 2.75) is 17.2 Å². The molecular weight excluding hydrogens is 280 g/mol. The van der Waals surface area contributed by atoms with E-state index < -0.39 is 5.76 Å². The summed E-state index contributed by atoms with van der Waals surface area (Å²) in [6, 6.07) is 14.7. The topological polar surface area (TPSA) is 21.3 Å². The van der Waals surface area contributed by atoms with Gasteiger partial charge in [-0.05, 0) is 30.3 Å². The Bertz CT molecular complexity index is 546. The minimum Gasteiger partial charge on any atom is -0.496 e. The lowest BCUT2D eigenvalue weighted by Crippen LogP contribution is -2.01. The van der Waals surface area contributed by atoms with Gasteiger partial charge >= 0.3 is 0 Å². The van der Waals surface area contributed by atoms with Gasteiger partial charge in [0.25, 0.3) is 5.76 Å². The first kappa shape index (κ1) is 14.7. The molecule has 0 saturated carbocycles. The van der Waals surface area contributed by atoms with Gasteiger partial charge in [0.05, 0.1) is 7.11 Å². The van der Waals surface area contributed by atoms with Crippen LogP contribution in [0.4, 0.5) is 14.5 Å². The Balaban J connectivity index is 1.97. The van der Waals surface area contributed by atoms with Gasteiger partial charge in [-0.1, -0.05) is 30.0 Å². The normalized spacial score (nSPS) is 10.6. The molecule has 5 heteroatoms. The van der Waals surface area contributed by atoms with Gasteiger partial charge in [-0.3, -0.25) is 0 Å². The molecule has 0 unspecified atom stereocenters. The van der Waals surface area contributed by atoms with Gasteiger partial charge in [-0.25, -0.2) is 0 Å². The summed E-state index contributed by atoms with van der Waals surface area (Å²) >= 11 is 0.547. The van der Waals surface area contributed by atoms with Crippen LogP contribution in [0.25, 0.3) is 0 Å². The van der Waals surface area contributed by atoms with Crippen LogP contribution in [0.1, 0.15) is 5.56 Å². The van der Waals surface area contributed by atoms with Crippen LogP contribution in [0.5, 0.6) is 5.75 Å². The van der Waals surface area contributed by atoms with E-state index in [1.807, 2.05) is 24.3 Å². The van der Waals surface area contributed by atoms with E-state index in [0.717, 1.165) is 17.0 Å². The number of methoxy groups -OCH3 is 1. The standard InChI is InChI=1S/C15H15F2NOS/c1-19-14-5-3-2-4-11(14)10-18-12-6-8-13(9-7-12)20-15(16)17/h2-9,15,18H,10H2,1H3. The molecule has 0 fully saturated rings. The Morgan fingerprint density at radius 1 is 1.10 bits per heavy atom. The Morgan fingerprint density at radius 2 is 1.80 bits per heavy atom. The monoisotopic (exact) mass is 295 g/mol. The summed E-state index contributed by atoms with van der Waals surface area (Å²) < 4.78 is 29.7. The molecule has 20 heavy (non-hydrogen) atoms. The van der Waals surface area contributed by atoms with Crippen molar-refractivity contribution in [1.29, 1.82) is 0 Å². The van der Waals surface area contributed by atoms with E-state index in [4.69, 9.17) is 4.74 Å². The van der Waals surface area contributed by atoms with E-state index in [0.29, 0.717) is 23.2 Å². The number of ether oxygens (including phenoxy) is 1. The average molecular weight is 295 g/mol. The molecule has 2 nitrogen and oxygen atoms in total. The van der Waals surface area contributed by atoms with Crippen LogP contribution in [-0.4, -0.2) is 12.9 Å². The van der Waals surface area contributed by atoms with E-state index in [-0.39, 0.29) is 0 Å². The highest BCUT2D eigenvalue weighted by atomic mass is 32.2. The molecule has 0 aromatic heterocycles. The SMILES string of the molecule is COc1ccccc1CNc1ccc(SC(F)F)cc1. The highest BCUT2D eigenvalue weighted by molar-refractivity contribution is 7.99. The van der Waals surface area contributed by atoms with Gasteiger partial charge in [-0.2, -0.15) is 8.78 Å². The second kappa shape index (κ2) is 7.14. The first-order valence-corrected chi connectivity index (χ1v) is 6.97. The largest absolute Gasteiger partial charge is 0.496 e. The molecule has 0 aliphatic carbocycles. The highest BCUT2D eigenvalue weighted by Gasteiger charge is 2.05. The lowest BCUT2D eigenvalue weighted by Gasteiger charge is -2.10.